The molecule has 0 atom stereocenters. The van der Waals surface area contributed by atoms with Crippen molar-refractivity contribution in [3.63, 3.8) is 0 Å². The molecule has 0 radical (unpaired) electrons. The van der Waals surface area contributed by atoms with E-state index in [0.29, 0.717) is 17.9 Å². The van der Waals surface area contributed by atoms with Crippen LogP contribution in [0.5, 0.6) is 11.5 Å². The molecule has 106 valence electrons. The van der Waals surface area contributed by atoms with E-state index in [9.17, 15) is 4.39 Å². The zero-order valence-corrected chi connectivity index (χ0v) is 11.4. The molecule has 2 aromatic rings. The number of methoxy groups -OCH3 is 1. The summed E-state index contributed by atoms with van der Waals surface area (Å²) in [6.45, 7) is 0.907. The molecule has 4 heteroatoms. The molecule has 2 N–H and O–H groups in total. The zero-order chi connectivity index (χ0) is 14.4. The third kappa shape index (κ3) is 3.56. The molecule has 2 aromatic carbocycles. The Morgan fingerprint density at radius 1 is 1.10 bits per heavy atom. The predicted octanol–water partition coefficient (Wildman–Crippen LogP) is 3.27. The Labute approximate surface area is 118 Å². The standard InChI is InChI=1S/C16H18FNO2/c1-19-10-9-12-5-7-14(8-6-12)20-16-13(11-18)3-2-4-15(16)17/h2-8H,9-11,18H2,1H3. The Balaban J connectivity index is 2.14. The second-order valence-electron chi connectivity index (χ2n) is 4.42. The van der Waals surface area contributed by atoms with Crippen molar-refractivity contribution in [3.05, 3.63) is 59.4 Å². The lowest BCUT2D eigenvalue weighted by molar-refractivity contribution is 0.202. The number of hydrogen-bond acceptors (Lipinski definition) is 3. The second-order valence-corrected chi connectivity index (χ2v) is 4.42. The third-order valence-corrected chi connectivity index (χ3v) is 3.01. The summed E-state index contributed by atoms with van der Waals surface area (Å²) in [5.41, 5.74) is 7.38. The van der Waals surface area contributed by atoms with Gasteiger partial charge in [-0.15, -0.1) is 0 Å². The Bertz CT molecular complexity index is 555. The van der Waals surface area contributed by atoms with Gasteiger partial charge in [0.25, 0.3) is 0 Å². The highest BCUT2D eigenvalue weighted by atomic mass is 19.1. The summed E-state index contributed by atoms with van der Waals surface area (Å²) in [6.07, 6.45) is 0.838. The van der Waals surface area contributed by atoms with E-state index >= 15 is 0 Å². The highest BCUT2D eigenvalue weighted by Crippen LogP contribution is 2.28. The molecule has 20 heavy (non-hydrogen) atoms. The first-order valence-corrected chi connectivity index (χ1v) is 6.47. The highest BCUT2D eigenvalue weighted by molar-refractivity contribution is 5.39. The average Bonchev–Trinajstić information content (AvgIpc) is 2.48. The molecule has 0 saturated carbocycles. The Hall–Kier alpha value is -1.91. The van der Waals surface area contributed by atoms with E-state index < -0.39 is 5.82 Å². The molecular weight excluding hydrogens is 257 g/mol. The van der Waals surface area contributed by atoms with Gasteiger partial charge in [-0.3, -0.25) is 0 Å². The van der Waals surface area contributed by atoms with Crippen LogP contribution in [0, 0.1) is 5.82 Å². The second kappa shape index (κ2) is 7.03. The van der Waals surface area contributed by atoms with Crippen molar-refractivity contribution in [2.24, 2.45) is 5.73 Å². The molecule has 0 saturated heterocycles. The monoisotopic (exact) mass is 275 g/mol. The topological polar surface area (TPSA) is 44.5 Å². The number of para-hydroxylation sites is 1. The van der Waals surface area contributed by atoms with E-state index in [1.807, 2.05) is 24.3 Å². The Kier molecular flexibility index (Phi) is 5.09. The maximum atomic E-state index is 13.8. The van der Waals surface area contributed by atoms with Crippen molar-refractivity contribution in [1.82, 2.24) is 0 Å². The predicted molar refractivity (Wildman–Crippen MR) is 76.4 cm³/mol. The molecule has 0 aliphatic rings. The summed E-state index contributed by atoms with van der Waals surface area (Å²) < 4.78 is 24.4. The van der Waals surface area contributed by atoms with Gasteiger partial charge < -0.3 is 15.2 Å². The molecule has 2 rings (SSSR count). The van der Waals surface area contributed by atoms with Crippen molar-refractivity contribution >= 4 is 0 Å². The molecule has 0 heterocycles. The van der Waals surface area contributed by atoms with E-state index in [0.717, 1.165) is 12.0 Å². The van der Waals surface area contributed by atoms with Crippen LogP contribution in [0.1, 0.15) is 11.1 Å². The van der Waals surface area contributed by atoms with Crippen molar-refractivity contribution in [2.45, 2.75) is 13.0 Å². The summed E-state index contributed by atoms with van der Waals surface area (Å²) in [6, 6.07) is 12.3. The van der Waals surface area contributed by atoms with E-state index in [2.05, 4.69) is 0 Å². The summed E-state index contributed by atoms with van der Waals surface area (Å²) in [4.78, 5) is 0. The summed E-state index contributed by atoms with van der Waals surface area (Å²) in [5.74, 6) is 0.377. The van der Waals surface area contributed by atoms with Gasteiger partial charge in [0.1, 0.15) is 5.75 Å². The molecule has 0 aliphatic carbocycles. The van der Waals surface area contributed by atoms with Crippen LogP contribution < -0.4 is 10.5 Å². The first-order valence-electron chi connectivity index (χ1n) is 6.47. The highest BCUT2D eigenvalue weighted by Gasteiger charge is 2.09. The van der Waals surface area contributed by atoms with E-state index in [1.54, 1.807) is 19.2 Å². The first-order chi connectivity index (χ1) is 9.74. The lowest BCUT2D eigenvalue weighted by Crippen LogP contribution is -2.01. The lowest BCUT2D eigenvalue weighted by atomic mass is 10.1. The van der Waals surface area contributed by atoms with Crippen molar-refractivity contribution < 1.29 is 13.9 Å². The molecule has 3 nitrogen and oxygen atoms in total. The molecule has 0 aliphatic heterocycles. The Morgan fingerprint density at radius 3 is 2.50 bits per heavy atom. The number of hydrogen-bond donors (Lipinski definition) is 1. The number of halogens is 1. The molecular formula is C16H18FNO2. The minimum absolute atomic E-state index is 0.194. The SMILES string of the molecule is COCCc1ccc(Oc2c(F)cccc2CN)cc1. The van der Waals surface area contributed by atoms with E-state index in [-0.39, 0.29) is 12.3 Å². The smallest absolute Gasteiger partial charge is 0.167 e. The summed E-state index contributed by atoms with van der Waals surface area (Å²) in [5, 5.41) is 0. The van der Waals surface area contributed by atoms with Crippen molar-refractivity contribution in [1.29, 1.82) is 0 Å². The molecule has 0 spiro atoms. The fraction of sp³-hybridized carbons (Fsp3) is 0.250. The fourth-order valence-corrected chi connectivity index (χ4v) is 1.89. The summed E-state index contributed by atoms with van der Waals surface area (Å²) in [7, 11) is 1.67. The number of ether oxygens (including phenoxy) is 2. The third-order valence-electron chi connectivity index (χ3n) is 3.01. The quantitative estimate of drug-likeness (QED) is 0.880. The molecule has 0 unspecified atom stereocenters. The molecule has 0 fully saturated rings. The summed E-state index contributed by atoms with van der Waals surface area (Å²) >= 11 is 0. The van der Waals surface area contributed by atoms with Crippen molar-refractivity contribution in [3.8, 4) is 11.5 Å². The maximum Gasteiger partial charge on any atom is 0.167 e. The van der Waals surface area contributed by atoms with Gasteiger partial charge in [0.15, 0.2) is 11.6 Å². The first kappa shape index (κ1) is 14.5. The number of rotatable bonds is 6. The van der Waals surface area contributed by atoms with Gasteiger partial charge in [-0.2, -0.15) is 0 Å². The number of nitrogens with two attached hydrogens (primary N) is 1. The van der Waals surface area contributed by atoms with Gasteiger partial charge in [0.2, 0.25) is 0 Å². The minimum atomic E-state index is -0.406. The van der Waals surface area contributed by atoms with Crippen LogP contribution in [-0.2, 0) is 17.7 Å². The van der Waals surface area contributed by atoms with Gasteiger partial charge in [0, 0.05) is 19.2 Å². The van der Waals surface area contributed by atoms with Gasteiger partial charge in [-0.25, -0.2) is 4.39 Å². The van der Waals surface area contributed by atoms with Crippen LogP contribution in [0.2, 0.25) is 0 Å². The largest absolute Gasteiger partial charge is 0.454 e. The lowest BCUT2D eigenvalue weighted by Gasteiger charge is -2.11. The van der Waals surface area contributed by atoms with Crippen molar-refractivity contribution in [2.75, 3.05) is 13.7 Å². The fourth-order valence-electron chi connectivity index (χ4n) is 1.89. The molecule has 0 amide bonds. The van der Waals surface area contributed by atoms with E-state index in [1.165, 1.54) is 6.07 Å². The van der Waals surface area contributed by atoms with Gasteiger partial charge >= 0.3 is 0 Å². The van der Waals surface area contributed by atoms with Crippen LogP contribution in [0.4, 0.5) is 4.39 Å². The Morgan fingerprint density at radius 2 is 1.85 bits per heavy atom. The van der Waals surface area contributed by atoms with Crippen LogP contribution >= 0.6 is 0 Å². The normalized spacial score (nSPS) is 10.6. The van der Waals surface area contributed by atoms with Gasteiger partial charge in [-0.05, 0) is 30.2 Å². The van der Waals surface area contributed by atoms with Crippen LogP contribution in [0.25, 0.3) is 0 Å². The molecule has 0 bridgehead atoms. The van der Waals surface area contributed by atoms with Gasteiger partial charge in [0.05, 0.1) is 6.61 Å². The molecule has 0 aromatic heterocycles. The average molecular weight is 275 g/mol. The van der Waals surface area contributed by atoms with Crippen LogP contribution in [-0.4, -0.2) is 13.7 Å². The van der Waals surface area contributed by atoms with E-state index in [4.69, 9.17) is 15.2 Å². The van der Waals surface area contributed by atoms with Crippen LogP contribution in [0.3, 0.4) is 0 Å². The maximum absolute atomic E-state index is 13.8. The zero-order valence-electron chi connectivity index (χ0n) is 11.4. The van der Waals surface area contributed by atoms with Gasteiger partial charge in [-0.1, -0.05) is 24.3 Å². The number of benzene rings is 2. The van der Waals surface area contributed by atoms with Crippen LogP contribution in [0.15, 0.2) is 42.5 Å². The minimum Gasteiger partial charge on any atom is -0.454 e.